The summed E-state index contributed by atoms with van der Waals surface area (Å²) in [6.07, 6.45) is -8.08. The van der Waals surface area contributed by atoms with Crippen molar-refractivity contribution in [1.29, 1.82) is 0 Å². The van der Waals surface area contributed by atoms with Crippen molar-refractivity contribution in [1.82, 2.24) is 0 Å². The highest BCUT2D eigenvalue weighted by atomic mass is 19.4. The fourth-order valence-corrected chi connectivity index (χ4v) is 1.06. The molecule has 1 atom stereocenters. The van der Waals surface area contributed by atoms with E-state index < -0.39 is 24.6 Å². The van der Waals surface area contributed by atoms with E-state index in [0.29, 0.717) is 0 Å². The quantitative estimate of drug-likeness (QED) is 0.662. The van der Waals surface area contributed by atoms with Crippen LogP contribution in [0.15, 0.2) is 0 Å². The van der Waals surface area contributed by atoms with Crippen molar-refractivity contribution in [3.05, 3.63) is 0 Å². The van der Waals surface area contributed by atoms with Crippen LogP contribution in [0.25, 0.3) is 0 Å². The smallest absolute Gasteiger partial charge is 0.376 e. The van der Waals surface area contributed by atoms with Crippen molar-refractivity contribution in [3.8, 4) is 0 Å². The van der Waals surface area contributed by atoms with E-state index in [2.05, 4.69) is 0 Å². The van der Waals surface area contributed by atoms with Gasteiger partial charge in [-0.3, -0.25) is 0 Å². The molecule has 1 unspecified atom stereocenters. The molecule has 1 aliphatic rings. The predicted molar refractivity (Wildman–Crippen MR) is 36.2 cm³/mol. The summed E-state index contributed by atoms with van der Waals surface area (Å²) in [6.45, 7) is 0.0678. The van der Waals surface area contributed by atoms with Crippen LogP contribution < -0.4 is 0 Å². The highest BCUT2D eigenvalue weighted by molar-refractivity contribution is 4.80. The average molecular weight is 220 g/mol. The van der Waals surface area contributed by atoms with E-state index in [0.717, 1.165) is 0 Å². The van der Waals surface area contributed by atoms with E-state index in [1.807, 2.05) is 0 Å². The minimum Gasteiger partial charge on any atom is -0.376 e. The van der Waals surface area contributed by atoms with E-state index in [-0.39, 0.29) is 19.8 Å². The number of alkyl halides is 5. The van der Waals surface area contributed by atoms with Gasteiger partial charge in [-0.1, -0.05) is 0 Å². The van der Waals surface area contributed by atoms with Crippen LogP contribution in [0, 0.1) is 0 Å². The largest absolute Gasteiger partial charge is 0.453 e. The van der Waals surface area contributed by atoms with E-state index in [4.69, 9.17) is 9.47 Å². The molecule has 0 N–H and O–H groups in total. The van der Waals surface area contributed by atoms with Gasteiger partial charge in [-0.05, 0) is 0 Å². The molecule has 84 valence electrons. The van der Waals surface area contributed by atoms with Crippen LogP contribution in [0.5, 0.6) is 0 Å². The molecule has 14 heavy (non-hydrogen) atoms. The minimum atomic E-state index is -5.52. The highest BCUT2D eigenvalue weighted by Gasteiger charge is 2.58. The average Bonchev–Trinajstić information content (AvgIpc) is 2.03. The molecule has 1 heterocycles. The second-order valence-electron chi connectivity index (χ2n) is 2.97. The molecule has 0 spiro atoms. The Morgan fingerprint density at radius 1 is 1.07 bits per heavy atom. The zero-order valence-corrected chi connectivity index (χ0v) is 7.11. The van der Waals surface area contributed by atoms with Crippen molar-refractivity contribution in [2.75, 3.05) is 19.8 Å². The first-order valence-corrected chi connectivity index (χ1v) is 3.97. The fraction of sp³-hybridized carbons (Fsp3) is 1.00. The SMILES string of the molecule is FC(F)(F)C(F)(F)CC1COCCO1. The van der Waals surface area contributed by atoms with Gasteiger partial charge in [-0.2, -0.15) is 22.0 Å². The summed E-state index contributed by atoms with van der Waals surface area (Å²) in [5, 5.41) is 0. The molecule has 0 aromatic heterocycles. The third-order valence-electron chi connectivity index (χ3n) is 1.78. The van der Waals surface area contributed by atoms with Crippen LogP contribution in [-0.4, -0.2) is 38.0 Å². The monoisotopic (exact) mass is 220 g/mol. The molecule has 1 aliphatic heterocycles. The molecule has 0 aromatic rings. The summed E-state index contributed by atoms with van der Waals surface area (Å²) in [4.78, 5) is 0. The van der Waals surface area contributed by atoms with E-state index in [9.17, 15) is 22.0 Å². The summed E-state index contributed by atoms with van der Waals surface area (Å²) in [7, 11) is 0. The Kier molecular flexibility index (Phi) is 3.31. The van der Waals surface area contributed by atoms with Gasteiger partial charge >= 0.3 is 12.1 Å². The molecule has 0 aliphatic carbocycles. The molecule has 0 amide bonds. The van der Waals surface area contributed by atoms with Gasteiger partial charge in [-0.25, -0.2) is 0 Å². The topological polar surface area (TPSA) is 18.5 Å². The first-order chi connectivity index (χ1) is 6.33. The Hall–Kier alpha value is -0.430. The first kappa shape index (κ1) is 11.6. The van der Waals surface area contributed by atoms with Crippen LogP contribution in [0.1, 0.15) is 6.42 Å². The van der Waals surface area contributed by atoms with Crippen LogP contribution >= 0.6 is 0 Å². The molecule has 0 aromatic carbocycles. The van der Waals surface area contributed by atoms with Crippen LogP contribution in [0.4, 0.5) is 22.0 Å². The summed E-state index contributed by atoms with van der Waals surface area (Å²) in [5.41, 5.74) is 0. The lowest BCUT2D eigenvalue weighted by Gasteiger charge is -2.27. The summed E-state index contributed by atoms with van der Waals surface area (Å²) in [6, 6.07) is 0. The van der Waals surface area contributed by atoms with Gasteiger partial charge in [0.2, 0.25) is 0 Å². The van der Waals surface area contributed by atoms with Gasteiger partial charge in [0.1, 0.15) is 0 Å². The number of hydrogen-bond acceptors (Lipinski definition) is 2. The lowest BCUT2D eigenvalue weighted by atomic mass is 10.1. The molecule has 7 heteroatoms. The van der Waals surface area contributed by atoms with Crippen molar-refractivity contribution in [3.63, 3.8) is 0 Å². The van der Waals surface area contributed by atoms with Gasteiger partial charge in [0.15, 0.2) is 0 Å². The summed E-state index contributed by atoms with van der Waals surface area (Å²) >= 11 is 0. The molecule has 1 fully saturated rings. The van der Waals surface area contributed by atoms with Crippen molar-refractivity contribution < 1.29 is 31.4 Å². The molecular weight excluding hydrogens is 211 g/mol. The maximum absolute atomic E-state index is 12.5. The lowest BCUT2D eigenvalue weighted by molar-refractivity contribution is -0.295. The third kappa shape index (κ3) is 2.78. The van der Waals surface area contributed by atoms with Crippen molar-refractivity contribution in [2.24, 2.45) is 0 Å². The summed E-state index contributed by atoms with van der Waals surface area (Å²) in [5.74, 6) is -4.71. The Labute approximate surface area is 77.0 Å². The minimum absolute atomic E-state index is 0.0542. The van der Waals surface area contributed by atoms with Crippen LogP contribution in [0.3, 0.4) is 0 Å². The molecular formula is C7H9F5O2. The maximum Gasteiger partial charge on any atom is 0.453 e. The second-order valence-corrected chi connectivity index (χ2v) is 2.97. The van der Waals surface area contributed by atoms with Gasteiger partial charge in [0.05, 0.1) is 25.9 Å². The zero-order chi connectivity index (χ0) is 10.8. The number of rotatable bonds is 2. The fourth-order valence-electron chi connectivity index (χ4n) is 1.06. The highest BCUT2D eigenvalue weighted by Crippen LogP contribution is 2.39. The van der Waals surface area contributed by atoms with E-state index >= 15 is 0 Å². The summed E-state index contributed by atoms with van der Waals surface area (Å²) < 4.78 is 69.6. The lowest BCUT2D eigenvalue weighted by Crippen LogP contribution is -2.42. The first-order valence-electron chi connectivity index (χ1n) is 3.97. The number of hydrogen-bond donors (Lipinski definition) is 0. The van der Waals surface area contributed by atoms with Gasteiger partial charge in [-0.15, -0.1) is 0 Å². The van der Waals surface area contributed by atoms with Crippen LogP contribution in [-0.2, 0) is 9.47 Å². The molecule has 1 rings (SSSR count). The second kappa shape index (κ2) is 3.98. The predicted octanol–water partition coefficient (Wildman–Crippen LogP) is 1.99. The standard InChI is InChI=1S/C7H9F5O2/c8-6(9,7(10,11)12)3-5-4-13-1-2-14-5/h5H,1-4H2. The van der Waals surface area contributed by atoms with Crippen molar-refractivity contribution in [2.45, 2.75) is 24.6 Å². The van der Waals surface area contributed by atoms with Gasteiger partial charge in [0.25, 0.3) is 0 Å². The molecule has 2 nitrogen and oxygen atoms in total. The van der Waals surface area contributed by atoms with E-state index in [1.54, 1.807) is 0 Å². The van der Waals surface area contributed by atoms with Crippen LogP contribution in [0.2, 0.25) is 0 Å². The maximum atomic E-state index is 12.5. The van der Waals surface area contributed by atoms with Gasteiger partial charge in [0, 0.05) is 6.42 Å². The molecule has 0 radical (unpaired) electrons. The van der Waals surface area contributed by atoms with Gasteiger partial charge < -0.3 is 9.47 Å². The zero-order valence-electron chi connectivity index (χ0n) is 7.11. The molecule has 0 saturated carbocycles. The Bertz CT molecular complexity index is 185. The molecule has 0 bridgehead atoms. The number of halogens is 5. The Balaban J connectivity index is 2.49. The normalized spacial score (nSPS) is 25.1. The van der Waals surface area contributed by atoms with E-state index in [1.165, 1.54) is 0 Å². The Morgan fingerprint density at radius 2 is 1.71 bits per heavy atom. The Morgan fingerprint density at radius 3 is 2.14 bits per heavy atom. The number of ether oxygens (including phenoxy) is 2. The van der Waals surface area contributed by atoms with Crippen molar-refractivity contribution >= 4 is 0 Å². The molecule has 1 saturated heterocycles. The third-order valence-corrected chi connectivity index (χ3v) is 1.78.